The van der Waals surface area contributed by atoms with Gasteiger partial charge in [-0.1, -0.05) is 12.1 Å². The highest BCUT2D eigenvalue weighted by atomic mass is 32.2. The fourth-order valence-corrected chi connectivity index (χ4v) is 3.44. The van der Waals surface area contributed by atoms with Gasteiger partial charge in [0.15, 0.2) is 0 Å². The summed E-state index contributed by atoms with van der Waals surface area (Å²) in [4.78, 5) is 2.09. The lowest BCUT2D eigenvalue weighted by Crippen LogP contribution is -2.51. The van der Waals surface area contributed by atoms with E-state index in [4.69, 9.17) is 0 Å². The molecule has 0 N–H and O–H groups in total. The van der Waals surface area contributed by atoms with Crippen molar-refractivity contribution in [1.82, 2.24) is 13.5 Å². The minimum absolute atomic E-state index is 0.0564. The number of benzene rings is 1. The van der Waals surface area contributed by atoms with E-state index in [0.29, 0.717) is 19.6 Å². The van der Waals surface area contributed by atoms with Crippen LogP contribution in [0.3, 0.4) is 0 Å². The number of piperazine rings is 1. The van der Waals surface area contributed by atoms with Gasteiger partial charge < -0.3 is 0 Å². The summed E-state index contributed by atoms with van der Waals surface area (Å²) < 4.78 is 40.1. The first-order valence-electron chi connectivity index (χ1n) is 6.45. The van der Waals surface area contributed by atoms with Crippen LogP contribution in [0.1, 0.15) is 11.6 Å². The lowest BCUT2D eigenvalue weighted by Gasteiger charge is -2.39. The van der Waals surface area contributed by atoms with Crippen LogP contribution < -0.4 is 0 Å². The van der Waals surface area contributed by atoms with E-state index < -0.39 is 10.2 Å². The summed E-state index contributed by atoms with van der Waals surface area (Å²) in [6.07, 6.45) is 0. The Morgan fingerprint density at radius 2 is 1.80 bits per heavy atom. The summed E-state index contributed by atoms with van der Waals surface area (Å²) in [6.45, 7) is 1.49. The quantitative estimate of drug-likeness (QED) is 0.834. The third kappa shape index (κ3) is 3.01. The maximum Gasteiger partial charge on any atom is 0.281 e. The maximum absolute atomic E-state index is 13.0. The van der Waals surface area contributed by atoms with Crippen LogP contribution in [0.5, 0.6) is 0 Å². The summed E-state index contributed by atoms with van der Waals surface area (Å²) in [5, 5.41) is 0. The molecule has 1 saturated heterocycles. The van der Waals surface area contributed by atoms with Crippen molar-refractivity contribution >= 4 is 10.2 Å². The highest BCUT2D eigenvalue weighted by Crippen LogP contribution is 2.26. The maximum atomic E-state index is 13.0. The molecule has 0 saturated carbocycles. The topological polar surface area (TPSA) is 43.9 Å². The smallest absolute Gasteiger partial charge is 0.281 e. The first kappa shape index (κ1) is 15.4. The van der Waals surface area contributed by atoms with E-state index in [1.54, 1.807) is 12.1 Å². The van der Waals surface area contributed by atoms with Crippen LogP contribution in [0.25, 0.3) is 0 Å². The molecule has 1 aliphatic heterocycles. The molecule has 1 heterocycles. The molecule has 1 atom stereocenters. The van der Waals surface area contributed by atoms with Crippen molar-refractivity contribution in [3.8, 4) is 0 Å². The summed E-state index contributed by atoms with van der Waals surface area (Å²) in [5.41, 5.74) is 0.924. The average molecular weight is 301 g/mol. The van der Waals surface area contributed by atoms with Gasteiger partial charge in [-0.3, -0.25) is 4.90 Å². The Morgan fingerprint density at radius 1 is 1.20 bits per heavy atom. The average Bonchev–Trinajstić information content (AvgIpc) is 2.40. The zero-order valence-corrected chi connectivity index (χ0v) is 12.8. The predicted octanol–water partition coefficient (Wildman–Crippen LogP) is 0.921. The Balaban J connectivity index is 2.23. The molecule has 0 aliphatic carbocycles. The second-order valence-electron chi connectivity index (χ2n) is 5.20. The number of likely N-dealkylation sites (N-methyl/N-ethyl adjacent to an activating group) is 1. The van der Waals surface area contributed by atoms with E-state index in [-0.39, 0.29) is 11.9 Å². The van der Waals surface area contributed by atoms with Crippen LogP contribution in [-0.4, -0.2) is 62.7 Å². The van der Waals surface area contributed by atoms with Crippen LogP contribution in [0.2, 0.25) is 0 Å². The molecule has 112 valence electrons. The molecular formula is C13H20FN3O2S. The first-order valence-corrected chi connectivity index (χ1v) is 7.85. The van der Waals surface area contributed by atoms with Crippen molar-refractivity contribution in [2.75, 3.05) is 40.8 Å². The molecule has 1 aliphatic rings. The monoisotopic (exact) mass is 301 g/mol. The molecule has 0 aromatic heterocycles. The number of nitrogens with zero attached hydrogens (tertiary/aromatic N) is 3. The molecule has 1 unspecified atom stereocenters. The predicted molar refractivity (Wildman–Crippen MR) is 76.0 cm³/mol. The molecule has 20 heavy (non-hydrogen) atoms. The summed E-state index contributed by atoms with van der Waals surface area (Å²) in [7, 11) is 1.60. The number of hydrogen-bond donors (Lipinski definition) is 0. The summed E-state index contributed by atoms with van der Waals surface area (Å²) in [5.74, 6) is -0.287. The van der Waals surface area contributed by atoms with Gasteiger partial charge in [-0.05, 0) is 24.7 Å². The highest BCUT2D eigenvalue weighted by molar-refractivity contribution is 7.86. The first-order chi connectivity index (χ1) is 9.32. The lowest BCUT2D eigenvalue weighted by molar-refractivity contribution is 0.144. The van der Waals surface area contributed by atoms with Crippen molar-refractivity contribution in [3.05, 3.63) is 35.6 Å². The van der Waals surface area contributed by atoms with E-state index in [9.17, 15) is 12.8 Å². The van der Waals surface area contributed by atoms with Crippen LogP contribution in [-0.2, 0) is 10.2 Å². The van der Waals surface area contributed by atoms with Crippen molar-refractivity contribution in [2.45, 2.75) is 6.04 Å². The molecule has 0 radical (unpaired) electrons. The van der Waals surface area contributed by atoms with E-state index in [2.05, 4.69) is 4.90 Å². The van der Waals surface area contributed by atoms with Crippen LogP contribution >= 0.6 is 0 Å². The Labute approximate surface area is 119 Å². The minimum Gasteiger partial charge on any atom is -0.297 e. The molecule has 1 aromatic carbocycles. The standard InChI is InChI=1S/C13H20FN3O2S/c1-15(2)20(18,19)17-9-8-16(3)13(10-17)11-4-6-12(14)7-5-11/h4-7,13H,8-10H2,1-3H3. The van der Waals surface area contributed by atoms with Crippen molar-refractivity contribution in [2.24, 2.45) is 0 Å². The highest BCUT2D eigenvalue weighted by Gasteiger charge is 2.33. The van der Waals surface area contributed by atoms with Crippen molar-refractivity contribution in [1.29, 1.82) is 0 Å². The van der Waals surface area contributed by atoms with Crippen molar-refractivity contribution in [3.63, 3.8) is 0 Å². The van der Waals surface area contributed by atoms with Crippen LogP contribution in [0.15, 0.2) is 24.3 Å². The van der Waals surface area contributed by atoms with Crippen LogP contribution in [0, 0.1) is 5.82 Å². The molecule has 7 heteroatoms. The van der Waals surface area contributed by atoms with E-state index in [1.807, 2.05) is 7.05 Å². The van der Waals surface area contributed by atoms with E-state index in [0.717, 1.165) is 5.56 Å². The van der Waals surface area contributed by atoms with Gasteiger partial charge in [0.1, 0.15) is 5.82 Å². The van der Waals surface area contributed by atoms with Gasteiger partial charge in [0.2, 0.25) is 0 Å². The second-order valence-corrected chi connectivity index (χ2v) is 7.34. The molecule has 5 nitrogen and oxygen atoms in total. The molecular weight excluding hydrogens is 281 g/mol. The Morgan fingerprint density at radius 3 is 2.35 bits per heavy atom. The van der Waals surface area contributed by atoms with Crippen LogP contribution in [0.4, 0.5) is 4.39 Å². The summed E-state index contributed by atoms with van der Waals surface area (Å²) in [6, 6.07) is 6.18. The van der Waals surface area contributed by atoms with E-state index >= 15 is 0 Å². The molecule has 0 bridgehead atoms. The van der Waals surface area contributed by atoms with Gasteiger partial charge in [0.05, 0.1) is 0 Å². The second kappa shape index (κ2) is 5.77. The largest absolute Gasteiger partial charge is 0.297 e. The molecule has 1 aromatic rings. The van der Waals surface area contributed by atoms with Gasteiger partial charge >= 0.3 is 0 Å². The Kier molecular flexibility index (Phi) is 4.43. The number of halogens is 1. The van der Waals surface area contributed by atoms with Gasteiger partial charge in [-0.2, -0.15) is 17.0 Å². The Bertz CT molecular complexity index is 559. The third-order valence-electron chi connectivity index (χ3n) is 3.65. The SMILES string of the molecule is CN1CCN(S(=O)(=O)N(C)C)CC1c1ccc(F)cc1. The number of rotatable bonds is 3. The van der Waals surface area contributed by atoms with Gasteiger partial charge in [-0.25, -0.2) is 4.39 Å². The van der Waals surface area contributed by atoms with E-state index in [1.165, 1.54) is 34.8 Å². The zero-order valence-electron chi connectivity index (χ0n) is 12.0. The van der Waals surface area contributed by atoms with Gasteiger partial charge in [0, 0.05) is 39.8 Å². The van der Waals surface area contributed by atoms with Gasteiger partial charge in [-0.15, -0.1) is 0 Å². The zero-order chi connectivity index (χ0) is 14.9. The molecule has 0 spiro atoms. The lowest BCUT2D eigenvalue weighted by atomic mass is 10.0. The third-order valence-corrected chi connectivity index (χ3v) is 5.56. The normalized spacial score (nSPS) is 22.4. The number of hydrogen-bond acceptors (Lipinski definition) is 3. The molecule has 0 amide bonds. The Hall–Kier alpha value is -1.02. The molecule has 1 fully saturated rings. The molecule has 2 rings (SSSR count). The fraction of sp³-hybridized carbons (Fsp3) is 0.538. The summed E-state index contributed by atoms with van der Waals surface area (Å²) >= 11 is 0. The van der Waals surface area contributed by atoms with Crippen molar-refractivity contribution < 1.29 is 12.8 Å². The fourth-order valence-electron chi connectivity index (χ4n) is 2.33. The van der Waals surface area contributed by atoms with Gasteiger partial charge in [0.25, 0.3) is 10.2 Å². The minimum atomic E-state index is -3.41.